The Hall–Kier alpha value is -2.63. The predicted octanol–water partition coefficient (Wildman–Crippen LogP) is 2.70. The molecule has 124 valence electrons. The molecule has 2 atom stereocenters. The average molecular weight is 322 g/mol. The number of likely N-dealkylation sites (N-methyl/N-ethyl adjacent to an activating group) is 1. The minimum Gasteiger partial charge on any atom is -0.355 e. The minimum atomic E-state index is 0.383. The molecule has 2 unspecified atom stereocenters. The van der Waals surface area contributed by atoms with Crippen LogP contribution >= 0.6 is 0 Å². The number of piperidine rings is 1. The van der Waals surface area contributed by atoms with Crippen LogP contribution in [0.5, 0.6) is 0 Å². The topological polar surface area (TPSA) is 60.9 Å². The maximum Gasteiger partial charge on any atom is 0.142 e. The van der Waals surface area contributed by atoms with Crippen molar-refractivity contribution in [2.45, 2.75) is 19.4 Å². The highest BCUT2D eigenvalue weighted by molar-refractivity contribution is 5.87. The molecule has 0 saturated carbocycles. The molecule has 6 nitrogen and oxygen atoms in total. The van der Waals surface area contributed by atoms with Crippen LogP contribution < -0.4 is 9.80 Å². The summed E-state index contributed by atoms with van der Waals surface area (Å²) in [6.45, 7) is 4.32. The number of aromatic nitrogens is 4. The molecule has 1 aliphatic rings. The van der Waals surface area contributed by atoms with E-state index >= 15 is 0 Å². The molecule has 1 aliphatic heterocycles. The first kappa shape index (κ1) is 14.9. The summed E-state index contributed by atoms with van der Waals surface area (Å²) in [6, 6.07) is 8.53. The molecule has 0 aromatic carbocycles. The molecule has 0 radical (unpaired) electrons. The Morgan fingerprint density at radius 2 is 2.12 bits per heavy atom. The van der Waals surface area contributed by atoms with Gasteiger partial charge in [0.2, 0.25) is 0 Å². The van der Waals surface area contributed by atoms with Crippen molar-refractivity contribution in [3.63, 3.8) is 0 Å². The summed E-state index contributed by atoms with van der Waals surface area (Å²) in [5.74, 6) is 2.64. The van der Waals surface area contributed by atoms with Crippen molar-refractivity contribution in [2.24, 2.45) is 5.92 Å². The molecular weight excluding hydrogens is 300 g/mol. The second-order valence-corrected chi connectivity index (χ2v) is 6.52. The van der Waals surface area contributed by atoms with E-state index in [4.69, 9.17) is 0 Å². The Kier molecular flexibility index (Phi) is 3.80. The molecule has 1 fully saturated rings. The fourth-order valence-electron chi connectivity index (χ4n) is 3.60. The number of nitrogens with zero attached hydrogens (tertiary/aromatic N) is 5. The number of hydrogen-bond acceptors (Lipinski definition) is 5. The van der Waals surface area contributed by atoms with Crippen molar-refractivity contribution in [1.82, 2.24) is 19.9 Å². The third-order valence-corrected chi connectivity index (χ3v) is 5.06. The summed E-state index contributed by atoms with van der Waals surface area (Å²) in [5.41, 5.74) is 0.886. The summed E-state index contributed by atoms with van der Waals surface area (Å²) < 4.78 is 0. The van der Waals surface area contributed by atoms with E-state index < -0.39 is 0 Å². The lowest BCUT2D eigenvalue weighted by Crippen LogP contribution is -2.51. The molecule has 4 rings (SSSR count). The van der Waals surface area contributed by atoms with E-state index in [1.165, 1.54) is 0 Å². The monoisotopic (exact) mass is 322 g/mol. The first-order valence-corrected chi connectivity index (χ1v) is 8.41. The van der Waals surface area contributed by atoms with Gasteiger partial charge in [0, 0.05) is 32.5 Å². The van der Waals surface area contributed by atoms with E-state index in [-0.39, 0.29) is 0 Å². The number of fused-ring (bicyclic) bond motifs is 1. The first-order valence-electron chi connectivity index (χ1n) is 8.41. The Bertz CT molecular complexity index is 815. The quantitative estimate of drug-likeness (QED) is 0.803. The standard InChI is InChI=1S/C18H22N6/c1-13-7-10-24(16-5-3-4-8-19-16)11-15(13)23(2)18-14-6-9-20-17(14)21-12-22-18/h3-6,8-9,12-13,15H,7,10-11H2,1-2H3,(H,20,21,22). The Morgan fingerprint density at radius 1 is 1.21 bits per heavy atom. The predicted molar refractivity (Wildman–Crippen MR) is 96.3 cm³/mol. The van der Waals surface area contributed by atoms with Gasteiger partial charge in [-0.3, -0.25) is 0 Å². The fraction of sp³-hybridized carbons (Fsp3) is 0.389. The van der Waals surface area contributed by atoms with Gasteiger partial charge in [-0.05, 0) is 30.5 Å². The number of rotatable bonds is 3. The lowest BCUT2D eigenvalue weighted by atomic mass is 9.92. The van der Waals surface area contributed by atoms with Gasteiger partial charge in [0.05, 0.1) is 11.4 Å². The summed E-state index contributed by atoms with van der Waals surface area (Å²) in [5, 5.41) is 1.07. The highest BCUT2D eigenvalue weighted by Gasteiger charge is 2.31. The van der Waals surface area contributed by atoms with Gasteiger partial charge in [0.1, 0.15) is 23.6 Å². The van der Waals surface area contributed by atoms with Gasteiger partial charge in [-0.15, -0.1) is 0 Å². The largest absolute Gasteiger partial charge is 0.355 e. The second kappa shape index (κ2) is 6.11. The van der Waals surface area contributed by atoms with Crippen molar-refractivity contribution in [2.75, 3.05) is 29.9 Å². The van der Waals surface area contributed by atoms with Crippen molar-refractivity contribution >= 4 is 22.7 Å². The molecule has 0 aliphatic carbocycles. The molecule has 24 heavy (non-hydrogen) atoms. The number of anilines is 2. The highest BCUT2D eigenvalue weighted by Crippen LogP contribution is 2.29. The summed E-state index contributed by atoms with van der Waals surface area (Å²) in [7, 11) is 2.14. The van der Waals surface area contributed by atoms with E-state index in [1.54, 1.807) is 6.33 Å². The number of pyridine rings is 1. The van der Waals surface area contributed by atoms with Gasteiger partial charge in [0.25, 0.3) is 0 Å². The number of H-pyrrole nitrogens is 1. The maximum atomic E-state index is 4.55. The third-order valence-electron chi connectivity index (χ3n) is 5.06. The summed E-state index contributed by atoms with van der Waals surface area (Å²) >= 11 is 0. The van der Waals surface area contributed by atoms with Gasteiger partial charge in [0.15, 0.2) is 0 Å². The number of nitrogens with one attached hydrogen (secondary N) is 1. The maximum absolute atomic E-state index is 4.55. The number of aromatic amines is 1. The zero-order valence-electron chi connectivity index (χ0n) is 14.1. The van der Waals surface area contributed by atoms with Crippen molar-refractivity contribution in [3.05, 3.63) is 43.0 Å². The van der Waals surface area contributed by atoms with E-state index in [2.05, 4.69) is 49.8 Å². The first-order chi connectivity index (χ1) is 11.7. The van der Waals surface area contributed by atoms with Gasteiger partial charge in [-0.25, -0.2) is 15.0 Å². The van der Waals surface area contributed by atoms with Crippen molar-refractivity contribution in [1.29, 1.82) is 0 Å². The highest BCUT2D eigenvalue weighted by atomic mass is 15.3. The fourth-order valence-corrected chi connectivity index (χ4v) is 3.60. The average Bonchev–Trinajstić information content (AvgIpc) is 3.11. The molecule has 1 saturated heterocycles. The molecule has 3 aromatic rings. The Labute approximate surface area is 141 Å². The van der Waals surface area contributed by atoms with E-state index in [1.807, 2.05) is 30.6 Å². The second-order valence-electron chi connectivity index (χ2n) is 6.52. The van der Waals surface area contributed by atoms with E-state index in [9.17, 15) is 0 Å². The number of hydrogen-bond donors (Lipinski definition) is 1. The van der Waals surface area contributed by atoms with Crippen LogP contribution in [0.25, 0.3) is 11.0 Å². The van der Waals surface area contributed by atoms with Crippen LogP contribution in [0, 0.1) is 5.92 Å². The van der Waals surface area contributed by atoms with Gasteiger partial charge in [-0.2, -0.15) is 0 Å². The molecule has 0 bridgehead atoms. The lowest BCUT2D eigenvalue weighted by molar-refractivity contribution is 0.366. The summed E-state index contributed by atoms with van der Waals surface area (Å²) in [6.07, 6.45) is 6.56. The molecule has 4 heterocycles. The smallest absolute Gasteiger partial charge is 0.142 e. The normalized spacial score (nSPS) is 21.2. The van der Waals surface area contributed by atoms with Crippen molar-refractivity contribution < 1.29 is 0 Å². The van der Waals surface area contributed by atoms with Crippen molar-refractivity contribution in [3.8, 4) is 0 Å². The van der Waals surface area contributed by atoms with Crippen LogP contribution in [0.15, 0.2) is 43.0 Å². The summed E-state index contributed by atoms with van der Waals surface area (Å²) in [4.78, 5) is 21.2. The molecular formula is C18H22N6. The van der Waals surface area contributed by atoms with E-state index in [0.29, 0.717) is 12.0 Å². The molecule has 0 amide bonds. The Morgan fingerprint density at radius 3 is 2.96 bits per heavy atom. The van der Waals surface area contributed by atoms with Crippen LogP contribution in [0.2, 0.25) is 0 Å². The minimum absolute atomic E-state index is 0.383. The zero-order chi connectivity index (χ0) is 16.5. The van der Waals surface area contributed by atoms with Gasteiger partial charge < -0.3 is 14.8 Å². The zero-order valence-corrected chi connectivity index (χ0v) is 14.1. The molecule has 6 heteroatoms. The van der Waals surface area contributed by atoms with Crippen LogP contribution in [-0.4, -0.2) is 46.1 Å². The molecule has 1 N–H and O–H groups in total. The third kappa shape index (κ3) is 2.58. The SMILES string of the molecule is CC1CCN(c2ccccn2)CC1N(C)c1ncnc2[nH]ccc12. The van der Waals surface area contributed by atoms with Crippen LogP contribution in [0.3, 0.4) is 0 Å². The van der Waals surface area contributed by atoms with Crippen LogP contribution in [-0.2, 0) is 0 Å². The van der Waals surface area contributed by atoms with Gasteiger partial charge in [-0.1, -0.05) is 13.0 Å². The molecule has 0 spiro atoms. The van der Waals surface area contributed by atoms with Crippen LogP contribution in [0.1, 0.15) is 13.3 Å². The lowest BCUT2D eigenvalue weighted by Gasteiger charge is -2.42. The van der Waals surface area contributed by atoms with E-state index in [0.717, 1.165) is 42.2 Å². The van der Waals surface area contributed by atoms with Gasteiger partial charge >= 0.3 is 0 Å². The molecule has 3 aromatic heterocycles. The van der Waals surface area contributed by atoms with Crippen LogP contribution in [0.4, 0.5) is 11.6 Å². The Balaban J connectivity index is 1.63.